The van der Waals surface area contributed by atoms with E-state index in [-0.39, 0.29) is 12.8 Å². The molecule has 1 saturated carbocycles. The monoisotopic (exact) mass is 249 g/mol. The maximum Gasteiger partial charge on any atom is 0.308 e. The first-order valence-electron chi connectivity index (χ1n) is 5.10. The van der Waals surface area contributed by atoms with Gasteiger partial charge in [0, 0.05) is 4.91 Å². The van der Waals surface area contributed by atoms with Crippen LogP contribution in [0.1, 0.15) is 12.8 Å². The summed E-state index contributed by atoms with van der Waals surface area (Å²) in [5, 5.41) is 3.45. The van der Waals surface area contributed by atoms with Gasteiger partial charge in [-0.2, -0.15) is 0 Å². The molecule has 0 heterocycles. The average Bonchev–Trinajstić information content (AvgIpc) is 2.69. The smallest absolute Gasteiger partial charge is 0.308 e. The van der Waals surface area contributed by atoms with Gasteiger partial charge in [-0.15, -0.1) is 0 Å². The molecule has 0 aromatic rings. The Morgan fingerprint density at radius 1 is 1.59 bits per heavy atom. The lowest BCUT2D eigenvalue weighted by Gasteiger charge is -2.15. The van der Waals surface area contributed by atoms with E-state index in [0.29, 0.717) is 0 Å². The van der Waals surface area contributed by atoms with Gasteiger partial charge in [-0.1, -0.05) is 5.11 Å². The number of carbonyl (C=O) groups excluding carboxylic acids is 1. The Hall–Kier alpha value is -1.40. The Kier molecular flexibility index (Phi) is 5.11. The second-order valence-corrected chi connectivity index (χ2v) is 3.73. The van der Waals surface area contributed by atoms with Gasteiger partial charge in [-0.3, -0.25) is 4.79 Å². The molecule has 0 aromatic carbocycles. The number of rotatable bonds is 5. The SMILES string of the molecule is COC(=O)C1C[C@H](N=[N+]=[N-])[C@@H](OCC(F)F)C1. The number of halogens is 2. The molecule has 0 amide bonds. The second-order valence-electron chi connectivity index (χ2n) is 3.73. The number of nitrogens with zero attached hydrogens (tertiary/aromatic N) is 3. The zero-order chi connectivity index (χ0) is 12.8. The van der Waals surface area contributed by atoms with Crippen molar-refractivity contribution in [2.45, 2.75) is 31.4 Å². The number of ether oxygens (including phenoxy) is 2. The number of alkyl halides is 2. The molecule has 1 fully saturated rings. The predicted octanol–water partition coefficient (Wildman–Crippen LogP) is 1.90. The van der Waals surface area contributed by atoms with E-state index in [4.69, 9.17) is 10.3 Å². The molecule has 96 valence electrons. The standard InChI is InChI=1S/C9H13F2N3O3/c1-16-9(15)5-2-6(13-14-12)7(3-5)17-4-8(10)11/h5-8H,2-4H2,1H3/t5?,6-,7-/m0/s1. The maximum atomic E-state index is 12.0. The van der Waals surface area contributed by atoms with Gasteiger partial charge < -0.3 is 9.47 Å². The van der Waals surface area contributed by atoms with Gasteiger partial charge in [0.2, 0.25) is 0 Å². The third kappa shape index (κ3) is 3.83. The molecule has 0 aliphatic heterocycles. The van der Waals surface area contributed by atoms with Gasteiger partial charge in [0.1, 0.15) is 6.61 Å². The Bertz CT molecular complexity index is 321. The fourth-order valence-corrected chi connectivity index (χ4v) is 1.90. The average molecular weight is 249 g/mol. The normalized spacial score (nSPS) is 27.9. The minimum atomic E-state index is -2.58. The highest BCUT2D eigenvalue weighted by molar-refractivity contribution is 5.72. The molecular weight excluding hydrogens is 236 g/mol. The van der Waals surface area contributed by atoms with Crippen molar-refractivity contribution in [3.63, 3.8) is 0 Å². The first-order valence-corrected chi connectivity index (χ1v) is 5.10. The minimum Gasteiger partial charge on any atom is -0.469 e. The first-order chi connectivity index (χ1) is 8.08. The lowest BCUT2D eigenvalue weighted by Crippen LogP contribution is -2.23. The molecule has 1 unspecified atom stereocenters. The van der Waals surface area contributed by atoms with Gasteiger partial charge in [-0.25, -0.2) is 8.78 Å². The number of esters is 1. The van der Waals surface area contributed by atoms with Crippen molar-refractivity contribution < 1.29 is 23.0 Å². The molecule has 1 rings (SSSR count). The molecule has 1 aliphatic rings. The van der Waals surface area contributed by atoms with Crippen LogP contribution in [0.25, 0.3) is 10.4 Å². The molecule has 0 aromatic heterocycles. The molecule has 6 nitrogen and oxygen atoms in total. The third-order valence-electron chi connectivity index (χ3n) is 2.64. The summed E-state index contributed by atoms with van der Waals surface area (Å²) in [6, 6.07) is -0.595. The largest absolute Gasteiger partial charge is 0.469 e. The van der Waals surface area contributed by atoms with Crippen molar-refractivity contribution >= 4 is 5.97 Å². The van der Waals surface area contributed by atoms with Crippen LogP contribution in [-0.2, 0) is 14.3 Å². The second kappa shape index (κ2) is 6.36. The number of carbonyl (C=O) groups is 1. The Labute approximate surface area is 96.5 Å². The summed E-state index contributed by atoms with van der Waals surface area (Å²) in [4.78, 5) is 13.9. The van der Waals surface area contributed by atoms with E-state index in [1.54, 1.807) is 0 Å². The highest BCUT2D eigenvalue weighted by Gasteiger charge is 2.39. The molecule has 17 heavy (non-hydrogen) atoms. The van der Waals surface area contributed by atoms with E-state index in [2.05, 4.69) is 14.8 Å². The molecule has 0 N–H and O–H groups in total. The van der Waals surface area contributed by atoms with E-state index in [1.165, 1.54) is 7.11 Å². The highest BCUT2D eigenvalue weighted by atomic mass is 19.3. The number of methoxy groups -OCH3 is 1. The summed E-state index contributed by atoms with van der Waals surface area (Å²) in [7, 11) is 1.25. The molecule has 0 saturated heterocycles. The van der Waals surface area contributed by atoms with Gasteiger partial charge in [0.25, 0.3) is 6.43 Å². The summed E-state index contributed by atoms with van der Waals surface area (Å²) < 4.78 is 33.5. The highest BCUT2D eigenvalue weighted by Crippen LogP contribution is 2.31. The van der Waals surface area contributed by atoms with Crippen LogP contribution in [0, 0.1) is 5.92 Å². The van der Waals surface area contributed by atoms with Crippen LogP contribution in [0.15, 0.2) is 5.11 Å². The van der Waals surface area contributed by atoms with Crippen LogP contribution in [0.2, 0.25) is 0 Å². The minimum absolute atomic E-state index is 0.239. The predicted molar refractivity (Wildman–Crippen MR) is 53.4 cm³/mol. The van der Waals surface area contributed by atoms with Crippen LogP contribution >= 0.6 is 0 Å². The van der Waals surface area contributed by atoms with Crippen molar-refractivity contribution in [1.82, 2.24) is 0 Å². The molecule has 8 heteroatoms. The van der Waals surface area contributed by atoms with Crippen molar-refractivity contribution in [2.75, 3.05) is 13.7 Å². The fourth-order valence-electron chi connectivity index (χ4n) is 1.90. The van der Waals surface area contributed by atoms with Gasteiger partial charge in [-0.05, 0) is 18.4 Å². The van der Waals surface area contributed by atoms with Crippen LogP contribution in [0.3, 0.4) is 0 Å². The lowest BCUT2D eigenvalue weighted by molar-refractivity contribution is -0.145. The molecule has 0 radical (unpaired) electrons. The van der Waals surface area contributed by atoms with E-state index >= 15 is 0 Å². The third-order valence-corrected chi connectivity index (χ3v) is 2.64. The number of hydrogen-bond donors (Lipinski definition) is 0. The Morgan fingerprint density at radius 3 is 2.82 bits per heavy atom. The molecule has 1 aliphatic carbocycles. The summed E-state index contributed by atoms with van der Waals surface area (Å²) in [6.07, 6.45) is -2.73. The van der Waals surface area contributed by atoms with Crippen molar-refractivity contribution in [1.29, 1.82) is 0 Å². The van der Waals surface area contributed by atoms with E-state index in [9.17, 15) is 13.6 Å². The van der Waals surface area contributed by atoms with Crippen LogP contribution < -0.4 is 0 Å². The van der Waals surface area contributed by atoms with Gasteiger partial charge in [0.15, 0.2) is 0 Å². The zero-order valence-corrected chi connectivity index (χ0v) is 9.25. The van der Waals surface area contributed by atoms with Crippen LogP contribution in [-0.4, -0.2) is 38.3 Å². The van der Waals surface area contributed by atoms with Gasteiger partial charge in [0.05, 0.1) is 25.2 Å². The maximum absolute atomic E-state index is 12.0. The quantitative estimate of drug-likeness (QED) is 0.323. The lowest BCUT2D eigenvalue weighted by atomic mass is 10.1. The summed E-state index contributed by atoms with van der Waals surface area (Å²) in [6.45, 7) is -0.726. The van der Waals surface area contributed by atoms with Crippen molar-refractivity contribution in [3.8, 4) is 0 Å². The summed E-state index contributed by atoms with van der Waals surface area (Å²) in [5.41, 5.74) is 8.34. The first kappa shape index (κ1) is 13.7. The summed E-state index contributed by atoms with van der Waals surface area (Å²) >= 11 is 0. The Balaban J connectivity index is 2.60. The van der Waals surface area contributed by atoms with Crippen LogP contribution in [0.5, 0.6) is 0 Å². The molecular formula is C9H13F2N3O3. The number of hydrogen-bond acceptors (Lipinski definition) is 4. The molecule has 0 spiro atoms. The topological polar surface area (TPSA) is 84.3 Å². The molecule has 0 bridgehead atoms. The molecule has 3 atom stereocenters. The van der Waals surface area contributed by atoms with Crippen molar-refractivity contribution in [3.05, 3.63) is 10.4 Å². The number of azide groups is 1. The van der Waals surface area contributed by atoms with E-state index in [0.717, 1.165) is 0 Å². The van der Waals surface area contributed by atoms with Crippen LogP contribution in [0.4, 0.5) is 8.78 Å². The zero-order valence-electron chi connectivity index (χ0n) is 9.25. The van der Waals surface area contributed by atoms with Gasteiger partial charge >= 0.3 is 5.97 Å². The van der Waals surface area contributed by atoms with E-state index in [1.807, 2.05) is 0 Å². The fraction of sp³-hybridized carbons (Fsp3) is 0.889. The van der Waals surface area contributed by atoms with E-state index < -0.39 is 37.1 Å². The Morgan fingerprint density at radius 2 is 2.29 bits per heavy atom. The van der Waals surface area contributed by atoms with Crippen molar-refractivity contribution in [2.24, 2.45) is 11.0 Å². The summed E-state index contributed by atoms with van der Waals surface area (Å²) in [5.74, 6) is -0.899.